The maximum Gasteiger partial charge on any atom is 0.243 e. The Kier molecular flexibility index (Phi) is 13.1. The molecule has 5 nitrogen and oxygen atoms in total. The SMILES string of the molecule is Cl.Cl.O=S(=O)(NCC1CCC(CNCC(Cc2cccnc2)c2ccc(F)cc2)CC1)c1ccccc1F. The van der Waals surface area contributed by atoms with Crippen LogP contribution >= 0.6 is 24.8 Å². The van der Waals surface area contributed by atoms with Gasteiger partial charge in [-0.3, -0.25) is 4.98 Å². The third-order valence-electron chi connectivity index (χ3n) is 7.02. The van der Waals surface area contributed by atoms with Crippen molar-refractivity contribution >= 4 is 34.8 Å². The highest BCUT2D eigenvalue weighted by Crippen LogP contribution is 2.29. The first-order valence-electron chi connectivity index (χ1n) is 12.5. The van der Waals surface area contributed by atoms with E-state index in [2.05, 4.69) is 21.1 Å². The zero-order valence-corrected chi connectivity index (χ0v) is 23.5. The fourth-order valence-corrected chi connectivity index (χ4v) is 6.11. The summed E-state index contributed by atoms with van der Waals surface area (Å²) in [5, 5.41) is 3.62. The summed E-state index contributed by atoms with van der Waals surface area (Å²) < 4.78 is 54.8. The largest absolute Gasteiger partial charge is 0.316 e. The number of nitrogens with one attached hydrogen (secondary N) is 2. The van der Waals surface area contributed by atoms with Crippen molar-refractivity contribution in [1.82, 2.24) is 15.0 Å². The summed E-state index contributed by atoms with van der Waals surface area (Å²) in [5.74, 6) is 0.0120. The maximum atomic E-state index is 13.9. The van der Waals surface area contributed by atoms with Gasteiger partial charge in [0.1, 0.15) is 16.5 Å². The molecule has 0 amide bonds. The lowest BCUT2D eigenvalue weighted by atomic mass is 9.82. The second kappa shape index (κ2) is 15.5. The van der Waals surface area contributed by atoms with Gasteiger partial charge in [0.25, 0.3) is 0 Å². The summed E-state index contributed by atoms with van der Waals surface area (Å²) in [6, 6.07) is 16.2. The van der Waals surface area contributed by atoms with Crippen LogP contribution in [0.2, 0.25) is 0 Å². The maximum absolute atomic E-state index is 13.9. The molecule has 0 bridgehead atoms. The van der Waals surface area contributed by atoms with Gasteiger partial charge in [-0.2, -0.15) is 0 Å². The van der Waals surface area contributed by atoms with Crippen molar-refractivity contribution in [2.75, 3.05) is 19.6 Å². The number of nitrogens with zero attached hydrogens (tertiary/aromatic N) is 1. The van der Waals surface area contributed by atoms with Crippen molar-refractivity contribution < 1.29 is 17.2 Å². The van der Waals surface area contributed by atoms with Gasteiger partial charge in [-0.25, -0.2) is 21.9 Å². The fourth-order valence-electron chi connectivity index (χ4n) is 4.92. The van der Waals surface area contributed by atoms with Crippen molar-refractivity contribution in [3.05, 3.63) is 95.8 Å². The van der Waals surface area contributed by atoms with Crippen LogP contribution in [0, 0.1) is 23.5 Å². The average molecular weight is 587 g/mol. The van der Waals surface area contributed by atoms with Crippen LogP contribution in [0.5, 0.6) is 0 Å². The Balaban J connectivity index is 0.00000253. The Morgan fingerprint density at radius 2 is 1.53 bits per heavy atom. The highest BCUT2D eigenvalue weighted by Gasteiger charge is 2.24. The third kappa shape index (κ3) is 9.27. The molecule has 4 rings (SSSR count). The Hall–Kier alpha value is -2.10. The number of pyridine rings is 1. The first kappa shape index (κ1) is 32.1. The zero-order valence-electron chi connectivity index (χ0n) is 21.1. The van der Waals surface area contributed by atoms with Gasteiger partial charge < -0.3 is 5.32 Å². The molecule has 1 saturated carbocycles. The average Bonchev–Trinajstić information content (AvgIpc) is 2.89. The number of sulfonamides is 1. The fraction of sp³-hybridized carbons (Fsp3) is 0.393. The lowest BCUT2D eigenvalue weighted by Crippen LogP contribution is -2.34. The van der Waals surface area contributed by atoms with Crippen molar-refractivity contribution in [3.63, 3.8) is 0 Å². The summed E-state index contributed by atoms with van der Waals surface area (Å²) in [5.41, 5.74) is 2.24. The van der Waals surface area contributed by atoms with Gasteiger partial charge >= 0.3 is 0 Å². The second-order valence-electron chi connectivity index (χ2n) is 9.64. The normalized spacial score (nSPS) is 18.2. The number of benzene rings is 2. The van der Waals surface area contributed by atoms with Gasteiger partial charge in [-0.05, 0) is 91.9 Å². The Labute approximate surface area is 236 Å². The number of halogens is 4. The van der Waals surface area contributed by atoms with Crippen LogP contribution in [0.15, 0.2) is 78.0 Å². The first-order chi connectivity index (χ1) is 17.4. The minimum Gasteiger partial charge on any atom is -0.316 e. The van der Waals surface area contributed by atoms with Crippen molar-refractivity contribution in [3.8, 4) is 0 Å². The first-order valence-corrected chi connectivity index (χ1v) is 14.0. The van der Waals surface area contributed by atoms with Crippen LogP contribution in [0.3, 0.4) is 0 Å². The van der Waals surface area contributed by atoms with E-state index in [0.717, 1.165) is 62.4 Å². The van der Waals surface area contributed by atoms with E-state index in [1.54, 1.807) is 6.20 Å². The van der Waals surface area contributed by atoms with Crippen molar-refractivity contribution in [2.24, 2.45) is 11.8 Å². The molecule has 0 saturated heterocycles. The third-order valence-corrected chi connectivity index (χ3v) is 8.48. The highest BCUT2D eigenvalue weighted by atomic mass is 35.5. The summed E-state index contributed by atoms with van der Waals surface area (Å²) in [6.07, 6.45) is 8.35. The minimum atomic E-state index is -3.85. The number of hydrogen-bond acceptors (Lipinski definition) is 4. The van der Waals surface area contributed by atoms with E-state index in [1.807, 2.05) is 24.4 Å². The predicted molar refractivity (Wildman–Crippen MR) is 151 cm³/mol. The smallest absolute Gasteiger partial charge is 0.243 e. The quantitative estimate of drug-likeness (QED) is 0.294. The minimum absolute atomic E-state index is 0. The van der Waals surface area contributed by atoms with Crippen molar-refractivity contribution in [1.29, 1.82) is 0 Å². The molecule has 1 aromatic heterocycles. The molecule has 1 unspecified atom stereocenters. The number of rotatable bonds is 11. The summed E-state index contributed by atoms with van der Waals surface area (Å²) in [4.78, 5) is 3.92. The van der Waals surface area contributed by atoms with E-state index < -0.39 is 15.8 Å². The summed E-state index contributed by atoms with van der Waals surface area (Å²) >= 11 is 0. The van der Waals surface area contributed by atoms with Gasteiger partial charge in [0.15, 0.2) is 0 Å². The molecular weight excluding hydrogens is 551 g/mol. The molecular formula is C28H35Cl2F2N3O2S. The molecule has 2 aromatic carbocycles. The van der Waals surface area contributed by atoms with Crippen LogP contribution in [0.1, 0.15) is 42.7 Å². The monoisotopic (exact) mass is 585 g/mol. The van der Waals surface area contributed by atoms with Gasteiger partial charge in [0.05, 0.1) is 0 Å². The molecule has 38 heavy (non-hydrogen) atoms. The molecule has 0 aliphatic heterocycles. The topological polar surface area (TPSA) is 71.1 Å². The van der Waals surface area contributed by atoms with E-state index in [1.165, 1.54) is 30.3 Å². The standard InChI is InChI=1S/C28H33F2N3O2S.2ClH/c29-26-13-11-24(12-14-26)25(16-23-4-3-15-31-18-23)20-32-17-21-7-9-22(10-8-21)19-33-36(34,35)28-6-2-1-5-27(28)30;;/h1-6,11-15,18,21-22,25,32-33H,7-10,16-17,19-20H2;2*1H. The van der Waals surface area contributed by atoms with Crippen LogP contribution < -0.4 is 10.0 Å². The predicted octanol–water partition coefficient (Wildman–Crippen LogP) is 5.90. The van der Waals surface area contributed by atoms with Crippen LogP contribution in [-0.2, 0) is 16.4 Å². The molecule has 1 aliphatic carbocycles. The number of hydrogen-bond donors (Lipinski definition) is 2. The second-order valence-corrected chi connectivity index (χ2v) is 11.4. The number of aromatic nitrogens is 1. The van der Waals surface area contributed by atoms with Gasteiger partial charge in [-0.1, -0.05) is 30.3 Å². The van der Waals surface area contributed by atoms with E-state index in [0.29, 0.717) is 12.5 Å². The molecule has 0 spiro atoms. The highest BCUT2D eigenvalue weighted by molar-refractivity contribution is 7.89. The molecule has 1 aliphatic rings. The van der Waals surface area contributed by atoms with E-state index in [-0.39, 0.29) is 47.4 Å². The van der Waals surface area contributed by atoms with Crippen LogP contribution in [-0.4, -0.2) is 33.0 Å². The van der Waals surface area contributed by atoms with Crippen molar-refractivity contribution in [2.45, 2.75) is 42.9 Å². The Bertz CT molecular complexity index is 1210. The molecule has 1 atom stereocenters. The van der Waals surface area contributed by atoms with Gasteiger partial charge in [0, 0.05) is 31.4 Å². The summed E-state index contributed by atoms with van der Waals surface area (Å²) in [7, 11) is -3.85. The molecule has 1 fully saturated rings. The van der Waals surface area contributed by atoms with E-state index >= 15 is 0 Å². The van der Waals surface area contributed by atoms with Crippen LogP contribution in [0.4, 0.5) is 8.78 Å². The zero-order chi connectivity index (χ0) is 25.4. The Morgan fingerprint density at radius 1 is 0.868 bits per heavy atom. The van der Waals surface area contributed by atoms with Gasteiger partial charge in [-0.15, -0.1) is 24.8 Å². The lowest BCUT2D eigenvalue weighted by Gasteiger charge is -2.29. The summed E-state index contributed by atoms with van der Waals surface area (Å²) in [6.45, 7) is 2.00. The molecule has 0 radical (unpaired) electrons. The lowest BCUT2D eigenvalue weighted by molar-refractivity contribution is 0.267. The molecule has 3 aromatic rings. The molecule has 2 N–H and O–H groups in total. The molecule has 1 heterocycles. The van der Waals surface area contributed by atoms with Gasteiger partial charge in [0.2, 0.25) is 10.0 Å². The van der Waals surface area contributed by atoms with E-state index in [9.17, 15) is 17.2 Å². The molecule has 208 valence electrons. The van der Waals surface area contributed by atoms with E-state index in [4.69, 9.17) is 0 Å². The Morgan fingerprint density at radius 3 is 2.16 bits per heavy atom. The molecule has 10 heteroatoms. The van der Waals surface area contributed by atoms with Crippen LogP contribution in [0.25, 0.3) is 0 Å².